The largest absolute Gasteiger partial charge is 0.481 e. The molecule has 0 unspecified atom stereocenters. The van der Waals surface area contributed by atoms with Crippen molar-refractivity contribution in [3.63, 3.8) is 0 Å². The van der Waals surface area contributed by atoms with Crippen molar-refractivity contribution in [3.8, 4) is 11.1 Å². The highest BCUT2D eigenvalue weighted by Gasteiger charge is 2.24. The maximum atomic E-state index is 12.8. The highest BCUT2D eigenvalue weighted by atomic mass is 32.1. The predicted molar refractivity (Wildman–Crippen MR) is 118 cm³/mol. The first-order chi connectivity index (χ1) is 14.5. The van der Waals surface area contributed by atoms with Crippen molar-refractivity contribution in [2.24, 2.45) is 0 Å². The van der Waals surface area contributed by atoms with Gasteiger partial charge < -0.3 is 10.0 Å². The third kappa shape index (κ3) is 4.76. The van der Waals surface area contributed by atoms with Crippen LogP contribution in [-0.2, 0) is 35.4 Å². The molecule has 6 heteroatoms. The minimum atomic E-state index is -0.812. The van der Waals surface area contributed by atoms with Gasteiger partial charge in [-0.15, -0.1) is 11.3 Å². The number of carbonyl (C=O) groups is 2. The molecule has 0 bridgehead atoms. The van der Waals surface area contributed by atoms with Crippen molar-refractivity contribution in [2.75, 3.05) is 6.54 Å². The number of thiazole rings is 1. The molecule has 1 aromatic heterocycles. The van der Waals surface area contributed by atoms with E-state index in [1.165, 1.54) is 22.5 Å². The van der Waals surface area contributed by atoms with Gasteiger partial charge in [0.25, 0.3) is 0 Å². The van der Waals surface area contributed by atoms with E-state index in [2.05, 4.69) is 48.3 Å². The molecule has 2 heterocycles. The number of aromatic nitrogens is 1. The average Bonchev–Trinajstić information content (AvgIpc) is 3.15. The highest BCUT2D eigenvalue weighted by molar-refractivity contribution is 7.11. The maximum Gasteiger partial charge on any atom is 0.303 e. The fraction of sp³-hybridized carbons (Fsp3) is 0.292. The first-order valence-electron chi connectivity index (χ1n) is 10.1. The Morgan fingerprint density at radius 3 is 2.40 bits per heavy atom. The van der Waals surface area contributed by atoms with Crippen LogP contribution in [0.3, 0.4) is 0 Å². The van der Waals surface area contributed by atoms with E-state index in [9.17, 15) is 9.59 Å². The zero-order valence-corrected chi connectivity index (χ0v) is 17.7. The van der Waals surface area contributed by atoms with Gasteiger partial charge in [-0.2, -0.15) is 0 Å². The Hall–Kier alpha value is -2.99. The van der Waals surface area contributed by atoms with Crippen molar-refractivity contribution < 1.29 is 14.7 Å². The third-order valence-electron chi connectivity index (χ3n) is 5.38. The number of carboxylic acid groups (broad SMARTS) is 1. The summed E-state index contributed by atoms with van der Waals surface area (Å²) < 4.78 is 0. The van der Waals surface area contributed by atoms with E-state index in [4.69, 9.17) is 5.11 Å². The zero-order chi connectivity index (χ0) is 21.1. The molecule has 0 saturated carbocycles. The molecular weight excluding hydrogens is 396 g/mol. The molecule has 2 aromatic carbocycles. The summed E-state index contributed by atoms with van der Waals surface area (Å²) in [6.45, 7) is 3.31. The van der Waals surface area contributed by atoms with Crippen LogP contribution in [0.1, 0.15) is 33.1 Å². The molecule has 0 atom stereocenters. The lowest BCUT2D eigenvalue weighted by Gasteiger charge is -2.26. The first kappa shape index (κ1) is 20.3. The van der Waals surface area contributed by atoms with Gasteiger partial charge in [-0.1, -0.05) is 54.1 Å². The molecule has 1 aliphatic rings. The molecule has 5 nitrogen and oxygen atoms in total. The van der Waals surface area contributed by atoms with Gasteiger partial charge >= 0.3 is 5.97 Å². The van der Waals surface area contributed by atoms with Crippen LogP contribution in [0.25, 0.3) is 11.1 Å². The summed E-state index contributed by atoms with van der Waals surface area (Å²) in [6.07, 6.45) is 1.66. The normalized spacial score (nSPS) is 13.2. The number of amides is 1. The molecule has 0 fully saturated rings. The summed E-state index contributed by atoms with van der Waals surface area (Å²) in [5, 5.41) is 9.70. The summed E-state index contributed by atoms with van der Waals surface area (Å²) in [6, 6.07) is 16.6. The number of benzene rings is 2. The van der Waals surface area contributed by atoms with Gasteiger partial charge in [0, 0.05) is 24.3 Å². The molecular formula is C24H24N2O3S. The van der Waals surface area contributed by atoms with Crippen LogP contribution in [0.4, 0.5) is 0 Å². The molecule has 1 aliphatic heterocycles. The van der Waals surface area contributed by atoms with Gasteiger partial charge in [-0.25, -0.2) is 4.98 Å². The van der Waals surface area contributed by atoms with Crippen molar-refractivity contribution in [3.05, 3.63) is 75.2 Å². The lowest BCUT2D eigenvalue weighted by Crippen LogP contribution is -2.36. The van der Waals surface area contributed by atoms with E-state index in [0.29, 0.717) is 25.9 Å². The lowest BCUT2D eigenvalue weighted by molar-refractivity contribution is -0.137. The summed E-state index contributed by atoms with van der Waals surface area (Å²) in [5.74, 6) is -0.697. The average molecular weight is 421 g/mol. The van der Waals surface area contributed by atoms with Gasteiger partial charge in [-0.05, 0) is 23.6 Å². The van der Waals surface area contributed by atoms with Crippen molar-refractivity contribution in [2.45, 2.75) is 39.2 Å². The highest BCUT2D eigenvalue weighted by Crippen LogP contribution is 2.27. The topological polar surface area (TPSA) is 70.5 Å². The summed E-state index contributed by atoms with van der Waals surface area (Å²) in [7, 11) is 0. The number of nitrogens with zero attached hydrogens (tertiary/aromatic N) is 2. The van der Waals surface area contributed by atoms with E-state index in [-0.39, 0.29) is 12.3 Å². The molecule has 1 amide bonds. The third-order valence-corrected chi connectivity index (χ3v) is 6.52. The SMILES string of the molecule is Cc1ccc(-c2ccc(CC(=O)N3CCc4nc(CCC(=O)O)sc4C3)cc2)cc1. The molecule has 0 spiro atoms. The molecule has 4 rings (SSSR count). The van der Waals surface area contributed by atoms with Crippen LogP contribution < -0.4 is 0 Å². The Balaban J connectivity index is 1.37. The number of aryl methyl sites for hydroxylation is 2. The van der Waals surface area contributed by atoms with Crippen LogP contribution in [0.5, 0.6) is 0 Å². The standard InChI is InChI=1S/C24H24N2O3S/c1-16-2-6-18(7-3-16)19-8-4-17(5-9-19)14-23(27)26-13-12-20-21(15-26)30-22(25-20)10-11-24(28)29/h2-9H,10-15H2,1H3,(H,28,29). The number of carboxylic acids is 1. The summed E-state index contributed by atoms with van der Waals surface area (Å²) >= 11 is 1.54. The smallest absolute Gasteiger partial charge is 0.303 e. The van der Waals surface area contributed by atoms with Crippen molar-refractivity contribution >= 4 is 23.2 Å². The van der Waals surface area contributed by atoms with Crippen LogP contribution >= 0.6 is 11.3 Å². The van der Waals surface area contributed by atoms with Gasteiger partial charge in [0.2, 0.25) is 5.91 Å². The second-order valence-electron chi connectivity index (χ2n) is 7.68. The first-order valence-corrected chi connectivity index (χ1v) is 10.9. The molecule has 3 aromatic rings. The monoisotopic (exact) mass is 420 g/mol. The number of hydrogen-bond donors (Lipinski definition) is 1. The second-order valence-corrected chi connectivity index (χ2v) is 8.84. The minimum absolute atomic E-state index is 0.0909. The van der Waals surface area contributed by atoms with Crippen molar-refractivity contribution in [1.29, 1.82) is 0 Å². The Kier molecular flexibility index (Phi) is 5.95. The van der Waals surface area contributed by atoms with E-state index in [1.54, 1.807) is 0 Å². The summed E-state index contributed by atoms with van der Waals surface area (Å²) in [4.78, 5) is 31.1. The Labute approximate surface area is 180 Å². The van der Waals surface area contributed by atoms with Gasteiger partial charge in [0.15, 0.2) is 0 Å². The van der Waals surface area contributed by atoms with Gasteiger partial charge in [0.1, 0.15) is 0 Å². The molecule has 30 heavy (non-hydrogen) atoms. The Morgan fingerprint density at radius 1 is 1.07 bits per heavy atom. The van der Waals surface area contributed by atoms with E-state index in [1.807, 2.05) is 17.0 Å². The second kappa shape index (κ2) is 8.79. The van der Waals surface area contributed by atoms with Gasteiger partial charge in [-0.3, -0.25) is 9.59 Å². The molecule has 0 aliphatic carbocycles. The van der Waals surface area contributed by atoms with E-state index >= 15 is 0 Å². The molecule has 154 valence electrons. The Bertz CT molecular complexity index is 1060. The van der Waals surface area contributed by atoms with E-state index in [0.717, 1.165) is 33.1 Å². The zero-order valence-electron chi connectivity index (χ0n) is 16.9. The predicted octanol–water partition coefficient (Wildman–Crippen LogP) is 4.26. The van der Waals surface area contributed by atoms with Crippen LogP contribution in [0.15, 0.2) is 48.5 Å². The molecule has 0 radical (unpaired) electrons. The summed E-state index contributed by atoms with van der Waals surface area (Å²) in [5.41, 5.74) is 5.58. The van der Waals surface area contributed by atoms with Gasteiger partial charge in [0.05, 0.1) is 30.1 Å². The maximum absolute atomic E-state index is 12.8. The molecule has 1 N–H and O–H groups in total. The fourth-order valence-electron chi connectivity index (χ4n) is 3.63. The quantitative estimate of drug-likeness (QED) is 0.647. The minimum Gasteiger partial charge on any atom is -0.481 e. The fourth-order valence-corrected chi connectivity index (χ4v) is 4.76. The lowest BCUT2D eigenvalue weighted by atomic mass is 10.0. The molecule has 0 saturated heterocycles. The Morgan fingerprint density at radius 2 is 1.73 bits per heavy atom. The number of rotatable bonds is 6. The van der Waals surface area contributed by atoms with E-state index < -0.39 is 5.97 Å². The number of carbonyl (C=O) groups excluding carboxylic acids is 1. The van der Waals surface area contributed by atoms with Crippen LogP contribution in [-0.4, -0.2) is 33.4 Å². The number of hydrogen-bond acceptors (Lipinski definition) is 4. The number of aliphatic carboxylic acids is 1. The van der Waals surface area contributed by atoms with Crippen LogP contribution in [0.2, 0.25) is 0 Å². The van der Waals surface area contributed by atoms with Crippen molar-refractivity contribution in [1.82, 2.24) is 9.88 Å². The number of fused-ring (bicyclic) bond motifs is 1. The van der Waals surface area contributed by atoms with Crippen LogP contribution in [0, 0.1) is 6.92 Å².